The molecule has 5 nitrogen and oxygen atoms in total. The molecule has 0 unspecified atom stereocenters. The van der Waals surface area contributed by atoms with E-state index in [9.17, 15) is 0 Å². The average molecular weight is 355 g/mol. The number of alkyl halides is 1. The molecule has 3 heterocycles. The second kappa shape index (κ2) is 5.18. The van der Waals surface area contributed by atoms with Crippen molar-refractivity contribution in [1.82, 2.24) is 24.3 Å². The highest BCUT2D eigenvalue weighted by Gasteiger charge is 2.14. The molecule has 0 amide bonds. The molecule has 0 aliphatic heterocycles. The Balaban J connectivity index is 2.12. The van der Waals surface area contributed by atoms with Gasteiger partial charge in [0.25, 0.3) is 0 Å². The van der Waals surface area contributed by atoms with Crippen LogP contribution in [-0.2, 0) is 19.5 Å². The third-order valence-corrected chi connectivity index (χ3v) is 4.09. The Bertz CT molecular complexity index is 777. The van der Waals surface area contributed by atoms with E-state index in [1.807, 2.05) is 35.5 Å². The number of aromatic nitrogens is 5. The molecule has 0 radical (unpaired) electrons. The van der Waals surface area contributed by atoms with Crippen molar-refractivity contribution in [3.8, 4) is 0 Å². The van der Waals surface area contributed by atoms with E-state index in [1.165, 1.54) is 0 Å². The summed E-state index contributed by atoms with van der Waals surface area (Å²) in [5, 5.41) is 4.27. The number of fused-ring (bicyclic) bond motifs is 1. The highest BCUT2D eigenvalue weighted by Crippen LogP contribution is 2.21. The second-order valence-corrected chi connectivity index (χ2v) is 5.81. The van der Waals surface area contributed by atoms with Gasteiger partial charge in [0, 0.05) is 29.0 Å². The Morgan fingerprint density at radius 2 is 2.15 bits per heavy atom. The Kier molecular flexibility index (Phi) is 3.52. The number of imidazole rings is 1. The SMILES string of the molecule is Cc1c(Cn2c(CCl)nc3cc(Br)cnc32)cnn1C. The van der Waals surface area contributed by atoms with E-state index in [4.69, 9.17) is 11.6 Å². The number of halogens is 2. The van der Waals surface area contributed by atoms with Crippen LogP contribution in [0.25, 0.3) is 11.2 Å². The summed E-state index contributed by atoms with van der Waals surface area (Å²) in [6.07, 6.45) is 3.65. The third kappa shape index (κ3) is 2.23. The van der Waals surface area contributed by atoms with Crippen LogP contribution in [0.1, 0.15) is 17.1 Å². The monoisotopic (exact) mass is 353 g/mol. The van der Waals surface area contributed by atoms with Gasteiger partial charge < -0.3 is 4.57 Å². The summed E-state index contributed by atoms with van der Waals surface area (Å²) in [6.45, 7) is 2.72. The normalized spacial score (nSPS) is 11.4. The van der Waals surface area contributed by atoms with Gasteiger partial charge in [-0.3, -0.25) is 4.68 Å². The van der Waals surface area contributed by atoms with E-state index in [2.05, 4.69) is 31.0 Å². The molecule has 3 aromatic rings. The highest BCUT2D eigenvalue weighted by molar-refractivity contribution is 9.10. The van der Waals surface area contributed by atoms with Crippen LogP contribution in [0.5, 0.6) is 0 Å². The maximum Gasteiger partial charge on any atom is 0.160 e. The molecule has 0 aromatic carbocycles. The predicted molar refractivity (Wildman–Crippen MR) is 81.8 cm³/mol. The summed E-state index contributed by atoms with van der Waals surface area (Å²) in [7, 11) is 1.93. The predicted octanol–water partition coefficient (Wildman–Crippen LogP) is 3.02. The van der Waals surface area contributed by atoms with Crippen molar-refractivity contribution in [3.63, 3.8) is 0 Å². The highest BCUT2D eigenvalue weighted by atomic mass is 79.9. The standard InChI is InChI=1S/C13H13BrClN5/c1-8-9(5-17-19(8)2)7-20-12(4-15)18-11-3-10(14)6-16-13(11)20/h3,5-6H,4,7H2,1-2H3. The summed E-state index contributed by atoms with van der Waals surface area (Å²) in [5.74, 6) is 1.17. The van der Waals surface area contributed by atoms with Crippen LogP contribution in [0.2, 0.25) is 0 Å². The molecular formula is C13H13BrClN5. The van der Waals surface area contributed by atoms with E-state index in [0.29, 0.717) is 12.4 Å². The van der Waals surface area contributed by atoms with Crippen molar-refractivity contribution in [2.24, 2.45) is 7.05 Å². The van der Waals surface area contributed by atoms with Gasteiger partial charge in [0.05, 0.1) is 18.6 Å². The number of pyridine rings is 1. The zero-order chi connectivity index (χ0) is 14.3. The van der Waals surface area contributed by atoms with Crippen LogP contribution in [-0.4, -0.2) is 24.3 Å². The van der Waals surface area contributed by atoms with Gasteiger partial charge in [0.2, 0.25) is 0 Å². The van der Waals surface area contributed by atoms with Gasteiger partial charge in [-0.15, -0.1) is 11.6 Å². The molecule has 0 N–H and O–H groups in total. The second-order valence-electron chi connectivity index (χ2n) is 4.62. The van der Waals surface area contributed by atoms with Gasteiger partial charge in [-0.05, 0) is 28.9 Å². The first-order valence-electron chi connectivity index (χ1n) is 6.14. The number of nitrogens with zero attached hydrogens (tertiary/aromatic N) is 5. The van der Waals surface area contributed by atoms with Crippen molar-refractivity contribution in [1.29, 1.82) is 0 Å². The summed E-state index contributed by atoms with van der Waals surface area (Å²) < 4.78 is 4.81. The molecule has 0 atom stereocenters. The maximum atomic E-state index is 6.01. The minimum atomic E-state index is 0.354. The zero-order valence-corrected chi connectivity index (χ0v) is 13.5. The molecule has 0 bridgehead atoms. The molecule has 20 heavy (non-hydrogen) atoms. The smallest absolute Gasteiger partial charge is 0.160 e. The van der Waals surface area contributed by atoms with Crippen molar-refractivity contribution >= 4 is 38.7 Å². The third-order valence-electron chi connectivity index (χ3n) is 3.42. The molecule has 0 fully saturated rings. The first-order chi connectivity index (χ1) is 9.60. The largest absolute Gasteiger partial charge is 0.307 e. The molecule has 0 spiro atoms. The summed E-state index contributed by atoms with van der Waals surface area (Å²) in [6, 6.07) is 1.95. The van der Waals surface area contributed by atoms with Gasteiger partial charge in [0.1, 0.15) is 11.3 Å². The first-order valence-corrected chi connectivity index (χ1v) is 7.47. The fourth-order valence-corrected chi connectivity index (χ4v) is 2.69. The van der Waals surface area contributed by atoms with Crippen molar-refractivity contribution in [2.75, 3.05) is 0 Å². The van der Waals surface area contributed by atoms with E-state index >= 15 is 0 Å². The number of hydrogen-bond acceptors (Lipinski definition) is 3. The molecular weight excluding hydrogens is 342 g/mol. The lowest BCUT2D eigenvalue weighted by Gasteiger charge is -2.06. The molecule has 0 aliphatic carbocycles. The lowest BCUT2D eigenvalue weighted by Crippen LogP contribution is -2.05. The zero-order valence-electron chi connectivity index (χ0n) is 11.1. The molecule has 3 rings (SSSR count). The maximum absolute atomic E-state index is 6.01. The van der Waals surface area contributed by atoms with Crippen LogP contribution in [0, 0.1) is 6.92 Å². The Labute approximate surface area is 129 Å². The van der Waals surface area contributed by atoms with Gasteiger partial charge >= 0.3 is 0 Å². The van der Waals surface area contributed by atoms with Crippen LogP contribution in [0.3, 0.4) is 0 Å². The fourth-order valence-electron chi connectivity index (χ4n) is 2.17. The van der Waals surface area contributed by atoms with Crippen LogP contribution >= 0.6 is 27.5 Å². The molecule has 3 aromatic heterocycles. The van der Waals surface area contributed by atoms with E-state index < -0.39 is 0 Å². The minimum Gasteiger partial charge on any atom is -0.307 e. The number of hydrogen-bond donors (Lipinski definition) is 0. The average Bonchev–Trinajstić information content (AvgIpc) is 2.93. The molecule has 7 heteroatoms. The lowest BCUT2D eigenvalue weighted by molar-refractivity contribution is 0.728. The van der Waals surface area contributed by atoms with Gasteiger partial charge in [-0.25, -0.2) is 9.97 Å². The topological polar surface area (TPSA) is 48.5 Å². The Morgan fingerprint density at radius 1 is 1.35 bits per heavy atom. The summed E-state index contributed by atoms with van der Waals surface area (Å²) in [4.78, 5) is 8.99. The minimum absolute atomic E-state index is 0.354. The van der Waals surface area contributed by atoms with Crippen molar-refractivity contribution in [2.45, 2.75) is 19.3 Å². The number of rotatable bonds is 3. The van der Waals surface area contributed by atoms with Crippen molar-refractivity contribution < 1.29 is 0 Å². The van der Waals surface area contributed by atoms with Crippen LogP contribution < -0.4 is 0 Å². The molecule has 104 valence electrons. The Hall–Kier alpha value is -1.40. The lowest BCUT2D eigenvalue weighted by atomic mass is 10.2. The van der Waals surface area contributed by atoms with Crippen LogP contribution in [0.4, 0.5) is 0 Å². The molecule has 0 saturated heterocycles. The van der Waals surface area contributed by atoms with E-state index in [1.54, 1.807) is 6.20 Å². The van der Waals surface area contributed by atoms with E-state index in [-0.39, 0.29) is 0 Å². The Morgan fingerprint density at radius 3 is 2.80 bits per heavy atom. The molecule has 0 saturated carbocycles. The fraction of sp³-hybridized carbons (Fsp3) is 0.308. The van der Waals surface area contributed by atoms with Gasteiger partial charge in [0.15, 0.2) is 5.65 Å². The van der Waals surface area contributed by atoms with E-state index in [0.717, 1.165) is 32.7 Å². The first kappa shape index (κ1) is 13.6. The quantitative estimate of drug-likeness (QED) is 0.679. The summed E-state index contributed by atoms with van der Waals surface area (Å²) >= 11 is 9.42. The molecule has 0 aliphatic rings. The number of aryl methyl sites for hydroxylation is 1. The van der Waals surface area contributed by atoms with Crippen molar-refractivity contribution in [3.05, 3.63) is 40.0 Å². The van der Waals surface area contributed by atoms with Gasteiger partial charge in [-0.2, -0.15) is 5.10 Å². The summed E-state index contributed by atoms with van der Waals surface area (Å²) in [5.41, 5.74) is 3.95. The van der Waals surface area contributed by atoms with Crippen LogP contribution in [0.15, 0.2) is 22.9 Å². The van der Waals surface area contributed by atoms with Gasteiger partial charge in [-0.1, -0.05) is 0 Å².